The van der Waals surface area contributed by atoms with E-state index in [0.717, 1.165) is 41.2 Å². The maximum Gasteiger partial charge on any atom is 0.137 e. The molecule has 0 saturated heterocycles. The van der Waals surface area contributed by atoms with Gasteiger partial charge in [0.25, 0.3) is 0 Å². The lowest BCUT2D eigenvalue weighted by Crippen LogP contribution is -1.98. The summed E-state index contributed by atoms with van der Waals surface area (Å²) >= 11 is 0. The molecule has 23 heavy (non-hydrogen) atoms. The normalized spacial score (nSPS) is 10.7. The first-order chi connectivity index (χ1) is 11.2. The molecule has 118 valence electrons. The van der Waals surface area contributed by atoms with Gasteiger partial charge in [0.2, 0.25) is 0 Å². The lowest BCUT2D eigenvalue weighted by Gasteiger charge is -2.07. The fraction of sp³-hybridized carbons (Fsp3) is 0.211. The second kappa shape index (κ2) is 7.09. The second-order valence-electron chi connectivity index (χ2n) is 5.42. The molecule has 3 aromatic rings. The van der Waals surface area contributed by atoms with Crippen molar-refractivity contribution in [2.75, 3.05) is 6.61 Å². The Bertz CT molecular complexity index is 765. The standard InChI is InChI=1S/C19H18FNO2/c1-14-12-19(23-21-14)6-3-11-22-18-9-7-15(8-10-18)16-4-2-5-17(20)13-16/h2,4-5,7-10,12-13H,3,6,11H2,1H3. The summed E-state index contributed by atoms with van der Waals surface area (Å²) in [6.45, 7) is 2.52. The van der Waals surface area contributed by atoms with Gasteiger partial charge in [-0.25, -0.2) is 4.39 Å². The summed E-state index contributed by atoms with van der Waals surface area (Å²) in [5, 5.41) is 3.86. The van der Waals surface area contributed by atoms with E-state index in [1.54, 1.807) is 6.07 Å². The van der Waals surface area contributed by atoms with Crippen molar-refractivity contribution in [1.29, 1.82) is 0 Å². The first kappa shape index (κ1) is 15.3. The highest BCUT2D eigenvalue weighted by atomic mass is 19.1. The van der Waals surface area contributed by atoms with Crippen LogP contribution in [-0.2, 0) is 6.42 Å². The maximum absolute atomic E-state index is 13.2. The highest BCUT2D eigenvalue weighted by Gasteiger charge is 2.02. The monoisotopic (exact) mass is 311 g/mol. The number of nitrogens with zero attached hydrogens (tertiary/aromatic N) is 1. The molecule has 0 aliphatic rings. The van der Waals surface area contributed by atoms with E-state index in [4.69, 9.17) is 9.26 Å². The van der Waals surface area contributed by atoms with Crippen molar-refractivity contribution in [3.8, 4) is 16.9 Å². The number of halogens is 1. The third kappa shape index (κ3) is 4.19. The molecule has 2 aromatic carbocycles. The third-order valence-corrected chi connectivity index (χ3v) is 3.53. The minimum atomic E-state index is -0.231. The second-order valence-corrected chi connectivity index (χ2v) is 5.42. The van der Waals surface area contributed by atoms with Crippen molar-refractivity contribution >= 4 is 0 Å². The number of hydrogen-bond donors (Lipinski definition) is 0. The van der Waals surface area contributed by atoms with Gasteiger partial charge in [0.15, 0.2) is 0 Å². The van der Waals surface area contributed by atoms with E-state index in [1.807, 2.05) is 43.3 Å². The Morgan fingerprint density at radius 3 is 2.57 bits per heavy atom. The number of benzene rings is 2. The van der Waals surface area contributed by atoms with Crippen molar-refractivity contribution in [2.24, 2.45) is 0 Å². The largest absolute Gasteiger partial charge is 0.494 e. The van der Waals surface area contributed by atoms with E-state index in [-0.39, 0.29) is 5.82 Å². The van der Waals surface area contributed by atoms with Gasteiger partial charge in [0.05, 0.1) is 12.3 Å². The Balaban J connectivity index is 1.51. The number of ether oxygens (including phenoxy) is 1. The molecule has 0 N–H and O–H groups in total. The summed E-state index contributed by atoms with van der Waals surface area (Å²) in [7, 11) is 0. The fourth-order valence-electron chi connectivity index (χ4n) is 2.38. The molecule has 3 rings (SSSR count). The quantitative estimate of drug-likeness (QED) is 0.613. The highest BCUT2D eigenvalue weighted by Crippen LogP contribution is 2.23. The van der Waals surface area contributed by atoms with Crippen LogP contribution in [0.3, 0.4) is 0 Å². The van der Waals surface area contributed by atoms with Gasteiger partial charge in [-0.15, -0.1) is 0 Å². The average Bonchev–Trinajstić information content (AvgIpc) is 2.98. The van der Waals surface area contributed by atoms with Gasteiger partial charge in [-0.2, -0.15) is 0 Å². The number of aromatic nitrogens is 1. The Morgan fingerprint density at radius 2 is 1.87 bits per heavy atom. The molecule has 0 saturated carbocycles. The molecular formula is C19H18FNO2. The Morgan fingerprint density at radius 1 is 1.04 bits per heavy atom. The SMILES string of the molecule is Cc1cc(CCCOc2ccc(-c3cccc(F)c3)cc2)on1. The fourth-order valence-corrected chi connectivity index (χ4v) is 2.38. The molecule has 0 spiro atoms. The molecule has 4 heteroatoms. The Kier molecular flexibility index (Phi) is 4.71. The van der Waals surface area contributed by atoms with Crippen LogP contribution in [0.1, 0.15) is 17.9 Å². The van der Waals surface area contributed by atoms with Gasteiger partial charge in [-0.1, -0.05) is 29.4 Å². The van der Waals surface area contributed by atoms with E-state index in [0.29, 0.717) is 6.61 Å². The smallest absolute Gasteiger partial charge is 0.137 e. The third-order valence-electron chi connectivity index (χ3n) is 3.53. The topological polar surface area (TPSA) is 35.3 Å². The summed E-state index contributed by atoms with van der Waals surface area (Å²) in [4.78, 5) is 0. The van der Waals surface area contributed by atoms with Crippen LogP contribution in [-0.4, -0.2) is 11.8 Å². The molecule has 0 amide bonds. The summed E-state index contributed by atoms with van der Waals surface area (Å²) in [6, 6.07) is 16.2. The first-order valence-electron chi connectivity index (χ1n) is 7.62. The van der Waals surface area contributed by atoms with Crippen LogP contribution in [0.5, 0.6) is 5.75 Å². The zero-order chi connectivity index (χ0) is 16.1. The van der Waals surface area contributed by atoms with Crippen LogP contribution < -0.4 is 4.74 Å². The zero-order valence-electron chi connectivity index (χ0n) is 13.0. The van der Waals surface area contributed by atoms with Crippen LogP contribution >= 0.6 is 0 Å². The van der Waals surface area contributed by atoms with Gasteiger partial charge < -0.3 is 9.26 Å². The van der Waals surface area contributed by atoms with E-state index >= 15 is 0 Å². The lowest BCUT2D eigenvalue weighted by molar-refractivity contribution is 0.300. The number of rotatable bonds is 6. The Labute approximate surface area is 134 Å². The van der Waals surface area contributed by atoms with Crippen molar-refractivity contribution in [1.82, 2.24) is 5.16 Å². The predicted molar refractivity (Wildman–Crippen MR) is 86.9 cm³/mol. The van der Waals surface area contributed by atoms with Gasteiger partial charge in [-0.05, 0) is 48.7 Å². The molecule has 3 nitrogen and oxygen atoms in total. The lowest BCUT2D eigenvalue weighted by atomic mass is 10.1. The molecule has 0 aliphatic heterocycles. The molecule has 0 atom stereocenters. The molecule has 0 bridgehead atoms. The van der Waals surface area contributed by atoms with E-state index in [9.17, 15) is 4.39 Å². The molecule has 0 unspecified atom stereocenters. The molecule has 1 aromatic heterocycles. The van der Waals surface area contributed by atoms with E-state index in [1.165, 1.54) is 12.1 Å². The molecule has 0 radical (unpaired) electrons. The Hall–Kier alpha value is -2.62. The number of hydrogen-bond acceptors (Lipinski definition) is 3. The highest BCUT2D eigenvalue weighted by molar-refractivity contribution is 5.64. The average molecular weight is 311 g/mol. The van der Waals surface area contributed by atoms with Crippen LogP contribution in [0.2, 0.25) is 0 Å². The molecular weight excluding hydrogens is 293 g/mol. The van der Waals surface area contributed by atoms with Crippen LogP contribution in [0.15, 0.2) is 59.1 Å². The maximum atomic E-state index is 13.2. The minimum Gasteiger partial charge on any atom is -0.494 e. The van der Waals surface area contributed by atoms with Crippen molar-refractivity contribution < 1.29 is 13.7 Å². The van der Waals surface area contributed by atoms with Crippen molar-refractivity contribution in [2.45, 2.75) is 19.8 Å². The first-order valence-corrected chi connectivity index (χ1v) is 7.62. The van der Waals surface area contributed by atoms with E-state index < -0.39 is 0 Å². The summed E-state index contributed by atoms with van der Waals surface area (Å²) in [5.41, 5.74) is 2.72. The van der Waals surface area contributed by atoms with Gasteiger partial charge >= 0.3 is 0 Å². The van der Waals surface area contributed by atoms with Crippen molar-refractivity contribution in [3.05, 3.63) is 71.9 Å². The van der Waals surface area contributed by atoms with Crippen LogP contribution in [0, 0.1) is 12.7 Å². The van der Waals surface area contributed by atoms with Gasteiger partial charge in [-0.3, -0.25) is 0 Å². The van der Waals surface area contributed by atoms with E-state index in [2.05, 4.69) is 5.16 Å². The zero-order valence-corrected chi connectivity index (χ0v) is 13.0. The minimum absolute atomic E-state index is 0.231. The van der Waals surface area contributed by atoms with Gasteiger partial charge in [0, 0.05) is 12.5 Å². The predicted octanol–water partition coefficient (Wildman–Crippen LogP) is 4.80. The summed E-state index contributed by atoms with van der Waals surface area (Å²) < 4.78 is 24.1. The van der Waals surface area contributed by atoms with Crippen LogP contribution in [0.4, 0.5) is 4.39 Å². The summed E-state index contributed by atoms with van der Waals surface area (Å²) in [6.07, 6.45) is 1.67. The summed E-state index contributed by atoms with van der Waals surface area (Å²) in [5.74, 6) is 1.46. The molecule has 0 aliphatic carbocycles. The molecule has 0 fully saturated rings. The van der Waals surface area contributed by atoms with Crippen molar-refractivity contribution in [3.63, 3.8) is 0 Å². The number of aryl methyl sites for hydroxylation is 2. The van der Waals surface area contributed by atoms with Gasteiger partial charge in [0.1, 0.15) is 17.3 Å². The molecule has 1 heterocycles. The van der Waals surface area contributed by atoms with Crippen LogP contribution in [0.25, 0.3) is 11.1 Å².